The average Bonchev–Trinajstić information content (AvgIpc) is 3.25. The quantitative estimate of drug-likeness (QED) is 0.738. The number of fused-ring (bicyclic) bond motifs is 4. The lowest BCUT2D eigenvalue weighted by Crippen LogP contribution is -2.51. The molecule has 6 heteroatoms. The van der Waals surface area contributed by atoms with E-state index < -0.39 is 0 Å². The zero-order chi connectivity index (χ0) is 19.0. The van der Waals surface area contributed by atoms with Gasteiger partial charge in [-0.15, -0.1) is 0 Å². The van der Waals surface area contributed by atoms with E-state index in [4.69, 9.17) is 4.74 Å². The molecule has 2 aromatic heterocycles. The normalized spacial score (nSPS) is 16.8. The van der Waals surface area contributed by atoms with Crippen molar-refractivity contribution >= 4 is 11.8 Å². The van der Waals surface area contributed by atoms with Crippen LogP contribution in [0.25, 0.3) is 5.69 Å². The van der Waals surface area contributed by atoms with Gasteiger partial charge in [0.2, 0.25) is 0 Å². The summed E-state index contributed by atoms with van der Waals surface area (Å²) >= 11 is 0. The molecule has 0 radical (unpaired) electrons. The van der Waals surface area contributed by atoms with Crippen molar-refractivity contribution in [1.29, 1.82) is 0 Å². The predicted molar refractivity (Wildman–Crippen MR) is 106 cm³/mol. The summed E-state index contributed by atoms with van der Waals surface area (Å²) in [5, 5.41) is 3.71. The predicted octanol–water partition coefficient (Wildman–Crippen LogP) is 3.93. The number of likely N-dealkylation sites (tertiary alicyclic amines) is 1. The van der Waals surface area contributed by atoms with Gasteiger partial charge in [0.25, 0.3) is 0 Å². The minimum atomic E-state index is -0.244. The lowest BCUT2D eigenvalue weighted by molar-refractivity contribution is 0.0794. The largest absolute Gasteiger partial charge is 0.445 e. The minimum absolute atomic E-state index is 0.185. The van der Waals surface area contributed by atoms with E-state index in [1.807, 2.05) is 53.7 Å². The van der Waals surface area contributed by atoms with Crippen molar-refractivity contribution in [2.45, 2.75) is 25.0 Å². The molecule has 6 nitrogen and oxygen atoms in total. The molecule has 0 bridgehead atoms. The zero-order valence-corrected chi connectivity index (χ0v) is 15.5. The number of carbonyl (C=O) groups excluding carboxylic acids is 1. The summed E-state index contributed by atoms with van der Waals surface area (Å²) in [6.45, 7) is 1.62. The van der Waals surface area contributed by atoms with Crippen molar-refractivity contribution < 1.29 is 9.53 Å². The van der Waals surface area contributed by atoms with Gasteiger partial charge in [0.05, 0.1) is 23.1 Å². The highest BCUT2D eigenvalue weighted by Crippen LogP contribution is 2.43. The number of rotatable bonds is 2. The summed E-state index contributed by atoms with van der Waals surface area (Å²) in [6.07, 6.45) is 7.19. The first-order valence-electron chi connectivity index (χ1n) is 9.61. The molecule has 0 saturated carbocycles. The fraction of sp³-hybridized carbons (Fsp3) is 0.273. The number of amides is 1. The Kier molecular flexibility index (Phi) is 4.04. The number of benzene rings is 1. The van der Waals surface area contributed by atoms with Gasteiger partial charge in [-0.1, -0.05) is 30.3 Å². The maximum Gasteiger partial charge on any atom is 0.410 e. The number of aromatic nitrogens is 2. The number of ether oxygens (including phenoxy) is 1. The molecular weight excluding hydrogens is 352 g/mol. The Balaban J connectivity index is 1.29. The summed E-state index contributed by atoms with van der Waals surface area (Å²) in [7, 11) is 0. The molecule has 0 aliphatic carbocycles. The Labute approximate surface area is 163 Å². The van der Waals surface area contributed by atoms with Crippen molar-refractivity contribution in [2.75, 3.05) is 18.4 Å². The van der Waals surface area contributed by atoms with Crippen molar-refractivity contribution in [1.82, 2.24) is 14.5 Å². The van der Waals surface area contributed by atoms with Crippen LogP contribution >= 0.6 is 0 Å². The van der Waals surface area contributed by atoms with Gasteiger partial charge < -0.3 is 19.5 Å². The molecule has 0 unspecified atom stereocenters. The smallest absolute Gasteiger partial charge is 0.410 e. The maximum atomic E-state index is 12.5. The van der Waals surface area contributed by atoms with Gasteiger partial charge in [-0.25, -0.2) is 4.79 Å². The topological polar surface area (TPSA) is 59.4 Å². The fourth-order valence-corrected chi connectivity index (χ4v) is 4.26. The van der Waals surface area contributed by atoms with Crippen LogP contribution in [-0.4, -0.2) is 33.6 Å². The van der Waals surface area contributed by atoms with Gasteiger partial charge in [-0.05, 0) is 36.6 Å². The van der Waals surface area contributed by atoms with Crippen LogP contribution in [0.15, 0.2) is 67.1 Å². The second-order valence-corrected chi connectivity index (χ2v) is 7.39. The number of anilines is 1. The number of hydrogen-bond donors (Lipinski definition) is 1. The first kappa shape index (κ1) is 16.9. The van der Waals surface area contributed by atoms with E-state index in [-0.39, 0.29) is 11.6 Å². The van der Waals surface area contributed by atoms with E-state index >= 15 is 0 Å². The molecule has 5 rings (SSSR count). The van der Waals surface area contributed by atoms with Crippen LogP contribution in [0.4, 0.5) is 10.5 Å². The minimum Gasteiger partial charge on any atom is -0.445 e. The third kappa shape index (κ3) is 2.81. The number of nitrogens with one attached hydrogen (secondary N) is 1. The van der Waals surface area contributed by atoms with Crippen LogP contribution in [0.5, 0.6) is 0 Å². The maximum absolute atomic E-state index is 12.5. The van der Waals surface area contributed by atoms with Gasteiger partial charge in [0.15, 0.2) is 0 Å². The van der Waals surface area contributed by atoms with Crippen LogP contribution in [0.3, 0.4) is 0 Å². The summed E-state index contributed by atoms with van der Waals surface area (Å²) < 4.78 is 7.74. The number of nitrogens with zero attached hydrogens (tertiary/aromatic N) is 3. The van der Waals surface area contributed by atoms with Crippen LogP contribution in [-0.2, 0) is 16.9 Å². The van der Waals surface area contributed by atoms with Gasteiger partial charge in [-0.2, -0.15) is 0 Å². The molecule has 142 valence electrons. The summed E-state index contributed by atoms with van der Waals surface area (Å²) in [6, 6.07) is 16.0. The van der Waals surface area contributed by atoms with Crippen molar-refractivity contribution in [3.05, 3.63) is 78.4 Å². The number of hydrogen-bond acceptors (Lipinski definition) is 4. The van der Waals surface area contributed by atoms with E-state index in [9.17, 15) is 4.79 Å². The molecule has 1 N–H and O–H groups in total. The molecule has 3 aromatic rings. The Morgan fingerprint density at radius 2 is 1.93 bits per heavy atom. The van der Waals surface area contributed by atoms with Gasteiger partial charge in [0, 0.05) is 31.2 Å². The Hall–Kier alpha value is -3.28. The van der Waals surface area contributed by atoms with Crippen LogP contribution in [0.2, 0.25) is 0 Å². The molecule has 2 aliphatic heterocycles. The van der Waals surface area contributed by atoms with Crippen molar-refractivity contribution in [2.24, 2.45) is 0 Å². The second kappa shape index (κ2) is 6.71. The van der Waals surface area contributed by atoms with Crippen molar-refractivity contribution in [3.63, 3.8) is 0 Å². The molecule has 4 heterocycles. The van der Waals surface area contributed by atoms with Crippen LogP contribution in [0.1, 0.15) is 24.1 Å². The zero-order valence-electron chi connectivity index (χ0n) is 15.5. The van der Waals surface area contributed by atoms with Crippen LogP contribution in [0, 0.1) is 0 Å². The van der Waals surface area contributed by atoms with Gasteiger partial charge >= 0.3 is 6.09 Å². The Morgan fingerprint density at radius 1 is 1.11 bits per heavy atom. The van der Waals surface area contributed by atoms with Gasteiger partial charge in [-0.3, -0.25) is 4.98 Å². The summed E-state index contributed by atoms with van der Waals surface area (Å²) in [5.74, 6) is 0. The van der Waals surface area contributed by atoms with Crippen molar-refractivity contribution in [3.8, 4) is 5.69 Å². The summed E-state index contributed by atoms with van der Waals surface area (Å²) in [4.78, 5) is 18.6. The highest BCUT2D eigenvalue weighted by molar-refractivity contribution is 5.69. The monoisotopic (exact) mass is 374 g/mol. The molecule has 28 heavy (non-hydrogen) atoms. The number of piperidine rings is 1. The highest BCUT2D eigenvalue weighted by atomic mass is 16.6. The Bertz CT molecular complexity index is 991. The van der Waals surface area contributed by atoms with E-state index in [0.29, 0.717) is 19.7 Å². The standard InChI is InChI=1S/C22H22N4O2/c27-21(28-16-17-5-2-1-3-6-17)25-13-9-22(10-14-25)20-7-4-12-26(20)19-8-11-23-15-18(19)24-22/h1-8,11-12,15,24H,9-10,13-14,16H2. The second-order valence-electron chi connectivity index (χ2n) is 7.39. The molecule has 1 fully saturated rings. The van der Waals surface area contributed by atoms with Gasteiger partial charge in [0.1, 0.15) is 6.61 Å². The fourth-order valence-electron chi connectivity index (χ4n) is 4.26. The molecule has 0 atom stereocenters. The molecule has 1 amide bonds. The van der Waals surface area contributed by atoms with E-state index in [1.165, 1.54) is 5.69 Å². The van der Waals surface area contributed by atoms with E-state index in [1.54, 1.807) is 0 Å². The lowest BCUT2D eigenvalue weighted by atomic mass is 9.82. The first-order valence-corrected chi connectivity index (χ1v) is 9.61. The first-order chi connectivity index (χ1) is 13.8. The molecule has 2 aliphatic rings. The third-order valence-electron chi connectivity index (χ3n) is 5.75. The molecule has 1 aromatic carbocycles. The lowest BCUT2D eigenvalue weighted by Gasteiger charge is -2.45. The van der Waals surface area contributed by atoms with E-state index in [0.717, 1.165) is 29.8 Å². The Morgan fingerprint density at radius 3 is 2.75 bits per heavy atom. The SMILES string of the molecule is O=C(OCc1ccccc1)N1CCC2(CC1)Nc1cnccc1-n1cccc12. The molecule has 1 spiro atoms. The number of carbonyl (C=O) groups is 1. The summed E-state index contributed by atoms with van der Waals surface area (Å²) in [5.41, 5.74) is 4.20. The molecular formula is C22H22N4O2. The third-order valence-corrected chi connectivity index (χ3v) is 5.75. The number of pyridine rings is 1. The molecule has 1 saturated heterocycles. The van der Waals surface area contributed by atoms with Crippen LogP contribution < -0.4 is 5.32 Å². The highest BCUT2D eigenvalue weighted by Gasteiger charge is 2.42. The van der Waals surface area contributed by atoms with E-state index in [2.05, 4.69) is 33.2 Å². The average molecular weight is 374 g/mol.